The minimum absolute atomic E-state index is 0.148. The van der Waals surface area contributed by atoms with E-state index in [1.165, 1.54) is 31.6 Å². The van der Waals surface area contributed by atoms with Gasteiger partial charge in [-0.1, -0.05) is 36.4 Å². The van der Waals surface area contributed by atoms with E-state index in [9.17, 15) is 35.5 Å². The van der Waals surface area contributed by atoms with Gasteiger partial charge in [0.15, 0.2) is 0 Å². The van der Waals surface area contributed by atoms with Gasteiger partial charge in [0.05, 0.1) is 18.4 Å². The molecule has 6 nitrogen and oxygen atoms in total. The van der Waals surface area contributed by atoms with Crippen LogP contribution in [0.15, 0.2) is 73.1 Å². The normalized spacial score (nSPS) is 17.9. The first-order chi connectivity index (χ1) is 17.9. The lowest BCUT2D eigenvalue weighted by molar-refractivity contribution is -0.269. The average Bonchev–Trinajstić information content (AvgIpc) is 3.32. The maximum atomic E-state index is 14.3. The summed E-state index contributed by atoms with van der Waals surface area (Å²) in [6.07, 6.45) is -7.06. The van der Waals surface area contributed by atoms with E-state index in [2.05, 4.69) is 21.1 Å². The molecule has 3 N–H and O–H groups in total. The Bertz CT molecular complexity index is 1430. The second-order valence-electron chi connectivity index (χ2n) is 8.02. The zero-order valence-electron chi connectivity index (χ0n) is 19.3. The van der Waals surface area contributed by atoms with Crippen molar-refractivity contribution in [2.24, 2.45) is 0 Å². The predicted molar refractivity (Wildman–Crippen MR) is 122 cm³/mol. The third kappa shape index (κ3) is 4.89. The fraction of sp³-hybridized carbons (Fsp3) is 0.160. The Morgan fingerprint density at radius 2 is 1.71 bits per heavy atom. The lowest BCUT2D eigenvalue weighted by atomic mass is 9.89. The van der Waals surface area contributed by atoms with Crippen molar-refractivity contribution in [2.45, 2.75) is 18.0 Å². The van der Waals surface area contributed by atoms with Crippen molar-refractivity contribution in [3.8, 4) is 0 Å². The Morgan fingerprint density at radius 1 is 1.00 bits per heavy atom. The average molecular weight is 541 g/mol. The lowest BCUT2D eigenvalue weighted by Crippen LogP contribution is -2.42. The molecule has 1 amide bonds. The highest BCUT2D eigenvalue weighted by molar-refractivity contribution is 6.10. The summed E-state index contributed by atoms with van der Waals surface area (Å²) in [4.78, 5) is 22.2. The smallest absolute Gasteiger partial charge is 0.327 e. The molecule has 1 aliphatic rings. The Hall–Kier alpha value is -4.10. The summed E-state index contributed by atoms with van der Waals surface area (Å²) in [6.45, 7) is 0. The standard InChI is InChI=1S/C25H18F7N3O3/c1-37-34-11-10-33-22(36)18-8-7-17(15-4-2-3-5-16(15)18)21-13-23(38-35-21,25(30,31)32)14-6-9-19(20(26)12-14)24(27,28)29/h2-13,34-35H,1H3,(H,33,36). The van der Waals surface area contributed by atoms with Crippen LogP contribution in [0.3, 0.4) is 0 Å². The quantitative estimate of drug-likeness (QED) is 0.277. The molecule has 13 heteroatoms. The molecule has 3 aromatic carbocycles. The Balaban J connectivity index is 1.79. The van der Waals surface area contributed by atoms with E-state index in [1.807, 2.05) is 0 Å². The van der Waals surface area contributed by atoms with Crippen LogP contribution < -0.4 is 16.3 Å². The first-order valence-corrected chi connectivity index (χ1v) is 10.8. The maximum Gasteiger partial charge on any atom is 0.428 e. The Morgan fingerprint density at radius 3 is 2.34 bits per heavy atom. The van der Waals surface area contributed by atoms with E-state index in [1.54, 1.807) is 24.3 Å². The molecule has 0 bridgehead atoms. The van der Waals surface area contributed by atoms with Crippen molar-refractivity contribution in [3.05, 3.63) is 101 Å². The fourth-order valence-corrected chi connectivity index (χ4v) is 3.98. The summed E-state index contributed by atoms with van der Waals surface area (Å²) in [7, 11) is 1.37. The van der Waals surface area contributed by atoms with E-state index >= 15 is 0 Å². The number of rotatable bonds is 6. The molecule has 4 rings (SSSR count). The van der Waals surface area contributed by atoms with Gasteiger partial charge in [0.25, 0.3) is 5.91 Å². The number of carbonyl (C=O) groups excluding carboxylic acids is 1. The maximum absolute atomic E-state index is 14.3. The molecule has 0 spiro atoms. The van der Waals surface area contributed by atoms with Crippen LogP contribution in [0.2, 0.25) is 0 Å². The largest absolute Gasteiger partial charge is 0.428 e. The number of hydrogen-bond donors (Lipinski definition) is 3. The van der Waals surface area contributed by atoms with Crippen molar-refractivity contribution >= 4 is 22.4 Å². The van der Waals surface area contributed by atoms with E-state index < -0.39 is 40.8 Å². The van der Waals surface area contributed by atoms with Crippen LogP contribution in [0.5, 0.6) is 0 Å². The van der Waals surface area contributed by atoms with E-state index in [0.29, 0.717) is 22.9 Å². The fourth-order valence-electron chi connectivity index (χ4n) is 3.98. The molecule has 0 fully saturated rings. The van der Waals surface area contributed by atoms with Gasteiger partial charge in [-0.2, -0.15) is 26.3 Å². The van der Waals surface area contributed by atoms with Crippen LogP contribution in [0.1, 0.15) is 27.0 Å². The summed E-state index contributed by atoms with van der Waals surface area (Å²) in [5.74, 6) is -2.39. The number of hydroxylamine groups is 2. The predicted octanol–water partition coefficient (Wildman–Crippen LogP) is 5.68. The minimum Gasteiger partial charge on any atom is -0.327 e. The number of fused-ring (bicyclic) bond motifs is 1. The number of halogens is 7. The second-order valence-corrected chi connectivity index (χ2v) is 8.02. The van der Waals surface area contributed by atoms with Gasteiger partial charge in [0, 0.05) is 29.1 Å². The molecule has 1 heterocycles. The highest BCUT2D eigenvalue weighted by Crippen LogP contribution is 2.48. The first-order valence-electron chi connectivity index (χ1n) is 10.8. The highest BCUT2D eigenvalue weighted by Gasteiger charge is 2.60. The molecule has 1 unspecified atom stereocenters. The summed E-state index contributed by atoms with van der Waals surface area (Å²) >= 11 is 0. The number of alkyl halides is 6. The van der Waals surface area contributed by atoms with Crippen LogP contribution >= 0.6 is 0 Å². The third-order valence-corrected chi connectivity index (χ3v) is 5.74. The topological polar surface area (TPSA) is 71.6 Å². The molecule has 200 valence electrons. The number of amides is 1. The van der Waals surface area contributed by atoms with Gasteiger partial charge in [-0.3, -0.25) is 25.4 Å². The summed E-state index contributed by atoms with van der Waals surface area (Å²) in [5.41, 5.74) is -1.09. The molecule has 0 aliphatic carbocycles. The second kappa shape index (κ2) is 9.99. The molecule has 3 aromatic rings. The van der Waals surface area contributed by atoms with Gasteiger partial charge >= 0.3 is 12.4 Å². The van der Waals surface area contributed by atoms with Gasteiger partial charge < -0.3 is 5.32 Å². The Labute approximate surface area is 210 Å². The van der Waals surface area contributed by atoms with E-state index in [-0.39, 0.29) is 29.0 Å². The SMILES string of the molecule is CONC=CNC(=O)c1ccc(C2=CC(c3ccc(C(F)(F)F)c(F)c3)(C(F)(F)F)ON2)c2ccccc12. The zero-order valence-corrected chi connectivity index (χ0v) is 19.3. The van der Waals surface area contributed by atoms with Gasteiger partial charge in [-0.05, 0) is 35.0 Å². The minimum atomic E-state index is -5.19. The number of carbonyl (C=O) groups is 1. The van der Waals surface area contributed by atoms with Gasteiger partial charge in [0.2, 0.25) is 5.60 Å². The first kappa shape index (κ1) is 26.9. The molecule has 38 heavy (non-hydrogen) atoms. The summed E-state index contributed by atoms with van der Waals surface area (Å²) in [5, 5.41) is 3.27. The lowest BCUT2D eigenvalue weighted by Gasteiger charge is -2.28. The van der Waals surface area contributed by atoms with Crippen molar-refractivity contribution in [2.75, 3.05) is 7.11 Å². The van der Waals surface area contributed by atoms with Crippen molar-refractivity contribution in [1.82, 2.24) is 16.3 Å². The molecular formula is C25H18F7N3O3. The summed E-state index contributed by atoms with van der Waals surface area (Å²) in [6, 6.07) is 10.0. The molecule has 0 radical (unpaired) electrons. The molecule has 1 aliphatic heterocycles. The monoisotopic (exact) mass is 541 g/mol. The van der Waals surface area contributed by atoms with Crippen molar-refractivity contribution < 1.29 is 45.2 Å². The molecule has 0 saturated heterocycles. The van der Waals surface area contributed by atoms with Crippen LogP contribution in [-0.4, -0.2) is 19.2 Å². The van der Waals surface area contributed by atoms with Gasteiger partial charge in [-0.15, -0.1) is 0 Å². The van der Waals surface area contributed by atoms with Gasteiger partial charge in [-0.25, -0.2) is 4.39 Å². The number of nitrogens with one attached hydrogen (secondary N) is 3. The molecular weight excluding hydrogens is 523 g/mol. The van der Waals surface area contributed by atoms with Gasteiger partial charge in [0.1, 0.15) is 5.82 Å². The van der Waals surface area contributed by atoms with Crippen LogP contribution in [0.25, 0.3) is 16.5 Å². The van der Waals surface area contributed by atoms with Crippen LogP contribution in [0, 0.1) is 5.82 Å². The summed E-state index contributed by atoms with van der Waals surface area (Å²) < 4.78 is 95.9. The molecule has 0 aromatic heterocycles. The third-order valence-electron chi connectivity index (χ3n) is 5.74. The Kier molecular flexibility index (Phi) is 7.08. The molecule has 1 atom stereocenters. The van der Waals surface area contributed by atoms with Crippen LogP contribution in [-0.2, 0) is 21.5 Å². The van der Waals surface area contributed by atoms with E-state index in [4.69, 9.17) is 4.84 Å². The number of hydrogen-bond acceptors (Lipinski definition) is 5. The highest BCUT2D eigenvalue weighted by atomic mass is 19.4. The van der Waals surface area contributed by atoms with Crippen molar-refractivity contribution in [1.29, 1.82) is 0 Å². The van der Waals surface area contributed by atoms with Crippen LogP contribution in [0.4, 0.5) is 30.7 Å². The zero-order chi connectivity index (χ0) is 27.7. The van der Waals surface area contributed by atoms with E-state index in [0.717, 1.165) is 0 Å². The molecule has 0 saturated carbocycles. The number of benzene rings is 3. The van der Waals surface area contributed by atoms with Crippen molar-refractivity contribution in [3.63, 3.8) is 0 Å².